The monoisotopic (exact) mass is 349 g/mol. The third-order valence-corrected chi connectivity index (χ3v) is 3.24. The molecule has 1 aromatic carbocycles. The number of hydrogen-bond acceptors (Lipinski definition) is 4. The molecule has 0 atom stereocenters. The van der Waals surface area contributed by atoms with E-state index < -0.39 is 17.6 Å². The number of carbonyl (C=O) groups is 2. The van der Waals surface area contributed by atoms with Gasteiger partial charge in [-0.05, 0) is 30.3 Å². The summed E-state index contributed by atoms with van der Waals surface area (Å²) in [5.74, 6) is -1.98. The van der Waals surface area contributed by atoms with Crippen LogP contribution in [0.3, 0.4) is 0 Å². The maximum atomic E-state index is 13.3. The molecule has 1 heterocycles. The second kappa shape index (κ2) is 8.13. The van der Waals surface area contributed by atoms with Gasteiger partial charge in [0.05, 0.1) is 25.3 Å². The molecule has 2 rings (SSSR count). The van der Waals surface area contributed by atoms with Gasteiger partial charge in [0.1, 0.15) is 11.6 Å². The normalized spacial score (nSPS) is 10.0. The van der Waals surface area contributed by atoms with Crippen molar-refractivity contribution in [3.8, 4) is 6.07 Å². The lowest BCUT2D eigenvalue weighted by Gasteiger charge is -2.19. The van der Waals surface area contributed by atoms with Crippen molar-refractivity contribution in [2.75, 3.05) is 11.9 Å². The molecule has 2 amide bonds. The zero-order valence-corrected chi connectivity index (χ0v) is 13.2. The maximum Gasteiger partial charge on any atom is 0.313 e. The van der Waals surface area contributed by atoms with Crippen LogP contribution in [0.5, 0.6) is 0 Å². The van der Waals surface area contributed by atoms with Crippen LogP contribution in [0.15, 0.2) is 41.0 Å². The van der Waals surface area contributed by atoms with Crippen molar-refractivity contribution in [2.24, 2.45) is 0 Å². The number of furan rings is 1. The molecule has 0 spiro atoms. The molecule has 0 saturated carbocycles. The first-order chi connectivity index (χ1) is 11.5. The van der Waals surface area contributed by atoms with E-state index in [0.29, 0.717) is 5.76 Å². The third-order valence-electron chi connectivity index (χ3n) is 3.02. The van der Waals surface area contributed by atoms with Crippen LogP contribution in [0.2, 0.25) is 5.02 Å². The van der Waals surface area contributed by atoms with Gasteiger partial charge in [0, 0.05) is 17.3 Å². The maximum absolute atomic E-state index is 13.3. The van der Waals surface area contributed by atoms with E-state index >= 15 is 0 Å². The van der Waals surface area contributed by atoms with Crippen molar-refractivity contribution in [1.82, 2.24) is 4.90 Å². The van der Waals surface area contributed by atoms with E-state index in [0.717, 1.165) is 12.1 Å². The molecule has 8 heteroatoms. The molecule has 0 unspecified atom stereocenters. The van der Waals surface area contributed by atoms with E-state index in [9.17, 15) is 14.0 Å². The first-order valence-corrected chi connectivity index (χ1v) is 7.33. The smallest absolute Gasteiger partial charge is 0.313 e. The van der Waals surface area contributed by atoms with Gasteiger partial charge in [-0.15, -0.1) is 0 Å². The number of nitriles is 1. The fraction of sp³-hybridized carbons (Fsp3) is 0.188. The predicted molar refractivity (Wildman–Crippen MR) is 84.4 cm³/mol. The largest absolute Gasteiger partial charge is 0.467 e. The lowest BCUT2D eigenvalue weighted by atomic mass is 10.3. The lowest BCUT2D eigenvalue weighted by Crippen LogP contribution is -2.39. The number of benzene rings is 1. The molecular formula is C16H13ClFN3O3. The van der Waals surface area contributed by atoms with Gasteiger partial charge in [-0.2, -0.15) is 5.26 Å². The minimum absolute atomic E-state index is 0.0465. The SMILES string of the molecule is N#CCCN(Cc1ccco1)C(=O)C(=O)Nc1cc(F)cc(Cl)c1. The summed E-state index contributed by atoms with van der Waals surface area (Å²) in [6.07, 6.45) is 1.50. The van der Waals surface area contributed by atoms with E-state index in [4.69, 9.17) is 21.3 Å². The van der Waals surface area contributed by atoms with Crippen LogP contribution in [0.4, 0.5) is 10.1 Å². The topological polar surface area (TPSA) is 86.3 Å². The first kappa shape index (κ1) is 17.5. The summed E-state index contributed by atoms with van der Waals surface area (Å²) in [5, 5.41) is 11.1. The Labute approximate surface area is 142 Å². The Morgan fingerprint density at radius 3 is 2.79 bits per heavy atom. The van der Waals surface area contributed by atoms with E-state index in [1.165, 1.54) is 17.2 Å². The number of amides is 2. The van der Waals surface area contributed by atoms with Crippen molar-refractivity contribution in [3.63, 3.8) is 0 Å². The molecule has 1 N–H and O–H groups in total. The molecule has 0 fully saturated rings. The number of rotatable bonds is 5. The van der Waals surface area contributed by atoms with Gasteiger partial charge < -0.3 is 14.6 Å². The standard InChI is InChI=1S/C16H13ClFN3O3/c17-11-7-12(18)9-13(8-11)20-15(22)16(23)21(5-2-4-19)10-14-3-1-6-24-14/h1,3,6-9H,2,5,10H2,(H,20,22). The fourth-order valence-corrected chi connectivity index (χ4v) is 2.20. The van der Waals surface area contributed by atoms with Gasteiger partial charge in [0.2, 0.25) is 0 Å². The highest BCUT2D eigenvalue weighted by atomic mass is 35.5. The number of nitrogens with zero attached hydrogens (tertiary/aromatic N) is 2. The minimum Gasteiger partial charge on any atom is -0.467 e. The summed E-state index contributed by atoms with van der Waals surface area (Å²) in [5.41, 5.74) is 0.0663. The third kappa shape index (κ3) is 4.83. The zero-order chi connectivity index (χ0) is 17.5. The van der Waals surface area contributed by atoms with E-state index in [1.54, 1.807) is 12.1 Å². The Morgan fingerprint density at radius 1 is 1.38 bits per heavy atom. The van der Waals surface area contributed by atoms with Crippen molar-refractivity contribution in [1.29, 1.82) is 5.26 Å². The van der Waals surface area contributed by atoms with E-state index in [2.05, 4.69) is 5.32 Å². The summed E-state index contributed by atoms with van der Waals surface area (Å²) in [6, 6.07) is 8.66. The van der Waals surface area contributed by atoms with Gasteiger partial charge in [-0.25, -0.2) is 4.39 Å². The molecule has 0 aliphatic carbocycles. The summed E-state index contributed by atoms with van der Waals surface area (Å²) in [6.45, 7) is 0.109. The molecule has 0 aliphatic rings. The second-order valence-electron chi connectivity index (χ2n) is 4.83. The van der Waals surface area contributed by atoms with Crippen LogP contribution in [-0.2, 0) is 16.1 Å². The average molecular weight is 350 g/mol. The molecule has 24 heavy (non-hydrogen) atoms. The fourth-order valence-electron chi connectivity index (χ4n) is 1.98. The van der Waals surface area contributed by atoms with Gasteiger partial charge in [0.25, 0.3) is 0 Å². The average Bonchev–Trinajstić information content (AvgIpc) is 3.02. The van der Waals surface area contributed by atoms with Gasteiger partial charge >= 0.3 is 11.8 Å². The molecule has 0 radical (unpaired) electrons. The Morgan fingerprint density at radius 2 is 2.17 bits per heavy atom. The summed E-state index contributed by atoms with van der Waals surface area (Å²) in [4.78, 5) is 25.6. The molecule has 124 valence electrons. The van der Waals surface area contributed by atoms with Crippen molar-refractivity contribution in [2.45, 2.75) is 13.0 Å². The number of carbonyl (C=O) groups excluding carboxylic acids is 2. The Kier molecular flexibility index (Phi) is 5.93. The summed E-state index contributed by atoms with van der Waals surface area (Å²) >= 11 is 5.70. The molecule has 2 aromatic rings. The highest BCUT2D eigenvalue weighted by Crippen LogP contribution is 2.18. The quantitative estimate of drug-likeness (QED) is 0.841. The summed E-state index contributed by atoms with van der Waals surface area (Å²) in [7, 11) is 0. The van der Waals surface area contributed by atoms with Gasteiger partial charge in [0.15, 0.2) is 0 Å². The Hall–Kier alpha value is -2.85. The van der Waals surface area contributed by atoms with Crippen molar-refractivity contribution in [3.05, 3.63) is 53.2 Å². The molecule has 0 aliphatic heterocycles. The van der Waals surface area contributed by atoms with Crippen LogP contribution >= 0.6 is 11.6 Å². The van der Waals surface area contributed by atoms with Crippen LogP contribution in [0, 0.1) is 17.1 Å². The second-order valence-corrected chi connectivity index (χ2v) is 5.26. The molecule has 1 aromatic heterocycles. The molecule has 6 nitrogen and oxygen atoms in total. The van der Waals surface area contributed by atoms with E-state index in [1.807, 2.05) is 6.07 Å². The minimum atomic E-state index is -0.957. The lowest BCUT2D eigenvalue weighted by molar-refractivity contribution is -0.143. The van der Waals surface area contributed by atoms with Crippen LogP contribution in [-0.4, -0.2) is 23.3 Å². The highest BCUT2D eigenvalue weighted by Gasteiger charge is 2.23. The predicted octanol–water partition coefficient (Wildman–Crippen LogP) is 2.95. The van der Waals surface area contributed by atoms with Gasteiger partial charge in [-0.1, -0.05) is 11.6 Å². The van der Waals surface area contributed by atoms with Crippen LogP contribution in [0.1, 0.15) is 12.2 Å². The highest BCUT2D eigenvalue weighted by molar-refractivity contribution is 6.39. The molecule has 0 saturated heterocycles. The Bertz CT molecular complexity index is 751. The number of hydrogen-bond donors (Lipinski definition) is 1. The molecule has 0 bridgehead atoms. The van der Waals surface area contributed by atoms with Crippen molar-refractivity contribution >= 4 is 29.1 Å². The number of anilines is 1. The van der Waals surface area contributed by atoms with Crippen LogP contribution < -0.4 is 5.32 Å². The first-order valence-electron chi connectivity index (χ1n) is 6.95. The number of halogens is 2. The summed E-state index contributed by atoms with van der Waals surface area (Å²) < 4.78 is 18.4. The Balaban J connectivity index is 2.09. The van der Waals surface area contributed by atoms with Crippen molar-refractivity contribution < 1.29 is 18.4 Å². The van der Waals surface area contributed by atoms with Gasteiger partial charge in [-0.3, -0.25) is 9.59 Å². The number of nitrogens with one attached hydrogen (secondary N) is 1. The van der Waals surface area contributed by atoms with E-state index in [-0.39, 0.29) is 30.2 Å². The molecular weight excluding hydrogens is 337 g/mol. The van der Waals surface area contributed by atoms with Crippen LogP contribution in [0.25, 0.3) is 0 Å². The zero-order valence-electron chi connectivity index (χ0n) is 12.5.